The van der Waals surface area contributed by atoms with Gasteiger partial charge in [0.1, 0.15) is 5.82 Å². The zero-order chi connectivity index (χ0) is 18.2. The summed E-state index contributed by atoms with van der Waals surface area (Å²) in [5.74, 6) is 2.11. The molecule has 0 atom stereocenters. The summed E-state index contributed by atoms with van der Waals surface area (Å²) in [6, 6.07) is 0.353. The van der Waals surface area contributed by atoms with Crippen molar-refractivity contribution < 1.29 is 4.79 Å². The molecular weight excluding hydrogens is 445 g/mol. The second-order valence-electron chi connectivity index (χ2n) is 6.98. The molecule has 0 unspecified atom stereocenters. The molecule has 8 nitrogen and oxygen atoms in total. The Balaban J connectivity index is 0.00000338. The lowest BCUT2D eigenvalue weighted by Crippen LogP contribution is -2.49. The molecule has 1 aliphatic rings. The number of nitrogens with zero attached hydrogens (tertiary/aromatic N) is 4. The van der Waals surface area contributed by atoms with Crippen LogP contribution in [0.1, 0.15) is 32.5 Å². The first-order valence-electron chi connectivity index (χ1n) is 8.95. The summed E-state index contributed by atoms with van der Waals surface area (Å²) < 4.78 is 2.17. The quantitative estimate of drug-likeness (QED) is 0.306. The highest BCUT2D eigenvalue weighted by molar-refractivity contribution is 14.0. The Hall–Kier alpha value is -1.36. The predicted octanol–water partition coefficient (Wildman–Crippen LogP) is 0.772. The van der Waals surface area contributed by atoms with Crippen LogP contribution in [0.3, 0.4) is 0 Å². The van der Waals surface area contributed by atoms with E-state index < -0.39 is 0 Å². The van der Waals surface area contributed by atoms with Crippen LogP contribution in [-0.2, 0) is 17.9 Å². The molecule has 1 aromatic heterocycles. The van der Waals surface area contributed by atoms with Gasteiger partial charge in [-0.05, 0) is 18.8 Å². The standard InChI is InChI=1S/C17H31N7O.HI/c1-13(2)11-24-9-6-20-16(24)10-21-17(19-3)22-14-4-7-23(8-5-14)12-15(18)25;/h6,9,13-14H,4-5,7-8,10-12H2,1-3H3,(H2,18,25)(H2,19,21,22);1H. The van der Waals surface area contributed by atoms with Gasteiger partial charge in [-0.1, -0.05) is 13.8 Å². The molecule has 0 aromatic carbocycles. The molecule has 2 rings (SSSR count). The summed E-state index contributed by atoms with van der Waals surface area (Å²) in [6.07, 6.45) is 5.79. The predicted molar refractivity (Wildman–Crippen MR) is 114 cm³/mol. The van der Waals surface area contributed by atoms with Gasteiger partial charge in [0.15, 0.2) is 5.96 Å². The Morgan fingerprint density at radius 1 is 1.42 bits per heavy atom. The molecule has 2 heterocycles. The van der Waals surface area contributed by atoms with Crippen LogP contribution in [0.5, 0.6) is 0 Å². The molecule has 9 heteroatoms. The van der Waals surface area contributed by atoms with Crippen LogP contribution in [0.25, 0.3) is 0 Å². The number of rotatable bonds is 7. The maximum atomic E-state index is 11.0. The summed E-state index contributed by atoms with van der Waals surface area (Å²) in [5, 5.41) is 6.81. The second-order valence-corrected chi connectivity index (χ2v) is 6.98. The number of carbonyl (C=O) groups excluding carboxylic acids is 1. The number of aliphatic imine (C=N–C) groups is 1. The molecule has 0 spiro atoms. The maximum Gasteiger partial charge on any atom is 0.231 e. The van der Waals surface area contributed by atoms with Crippen molar-refractivity contribution in [2.24, 2.45) is 16.6 Å². The minimum absolute atomic E-state index is 0. The van der Waals surface area contributed by atoms with Crippen LogP contribution in [0, 0.1) is 5.92 Å². The second kappa shape index (κ2) is 11.4. The normalized spacial score (nSPS) is 16.4. The minimum Gasteiger partial charge on any atom is -0.369 e. The Morgan fingerprint density at radius 2 is 2.12 bits per heavy atom. The van der Waals surface area contributed by atoms with E-state index in [-0.39, 0.29) is 29.9 Å². The monoisotopic (exact) mass is 477 g/mol. The van der Waals surface area contributed by atoms with Crippen LogP contribution in [0.4, 0.5) is 0 Å². The Morgan fingerprint density at radius 3 is 2.69 bits per heavy atom. The molecule has 26 heavy (non-hydrogen) atoms. The fourth-order valence-corrected chi connectivity index (χ4v) is 3.07. The number of carbonyl (C=O) groups is 1. The van der Waals surface area contributed by atoms with E-state index in [1.807, 2.05) is 12.4 Å². The molecule has 4 N–H and O–H groups in total. The third-order valence-electron chi connectivity index (χ3n) is 4.31. The van der Waals surface area contributed by atoms with Crippen molar-refractivity contribution in [3.8, 4) is 0 Å². The van der Waals surface area contributed by atoms with E-state index in [0.29, 0.717) is 25.0 Å². The largest absolute Gasteiger partial charge is 0.369 e. The molecule has 1 aliphatic heterocycles. The topological polar surface area (TPSA) is 101 Å². The number of amides is 1. The van der Waals surface area contributed by atoms with Crippen molar-refractivity contribution in [2.75, 3.05) is 26.7 Å². The SMILES string of the molecule is CN=C(NCc1nccn1CC(C)C)NC1CCN(CC(N)=O)CC1.I. The number of hydrogen-bond acceptors (Lipinski definition) is 4. The number of aromatic nitrogens is 2. The van der Waals surface area contributed by atoms with Crippen LogP contribution in [0.15, 0.2) is 17.4 Å². The number of guanidine groups is 1. The average molecular weight is 477 g/mol. The molecule has 0 saturated carbocycles. The molecule has 148 valence electrons. The Bertz CT molecular complexity index is 579. The molecule has 1 saturated heterocycles. The van der Waals surface area contributed by atoms with Crippen molar-refractivity contribution in [1.82, 2.24) is 25.1 Å². The van der Waals surface area contributed by atoms with Gasteiger partial charge in [-0.15, -0.1) is 24.0 Å². The number of primary amides is 1. The summed E-state index contributed by atoms with van der Waals surface area (Å²) >= 11 is 0. The average Bonchev–Trinajstić information content (AvgIpc) is 2.99. The van der Waals surface area contributed by atoms with E-state index in [1.54, 1.807) is 7.05 Å². The van der Waals surface area contributed by atoms with Crippen molar-refractivity contribution >= 4 is 35.8 Å². The molecule has 0 aliphatic carbocycles. The van der Waals surface area contributed by atoms with E-state index in [9.17, 15) is 4.79 Å². The van der Waals surface area contributed by atoms with Crippen LogP contribution in [-0.4, -0.2) is 59.0 Å². The lowest BCUT2D eigenvalue weighted by atomic mass is 10.1. The number of nitrogens with two attached hydrogens (primary N) is 1. The summed E-state index contributed by atoms with van der Waals surface area (Å²) in [5.41, 5.74) is 5.26. The summed E-state index contributed by atoms with van der Waals surface area (Å²) in [7, 11) is 1.78. The van der Waals surface area contributed by atoms with Crippen molar-refractivity contribution in [1.29, 1.82) is 0 Å². The van der Waals surface area contributed by atoms with Gasteiger partial charge in [-0.2, -0.15) is 0 Å². The first kappa shape index (κ1) is 22.7. The van der Waals surface area contributed by atoms with Crippen molar-refractivity contribution in [3.63, 3.8) is 0 Å². The van der Waals surface area contributed by atoms with Gasteiger partial charge >= 0.3 is 0 Å². The number of halogens is 1. The zero-order valence-corrected chi connectivity index (χ0v) is 18.3. The van der Waals surface area contributed by atoms with Crippen molar-refractivity contribution in [2.45, 2.75) is 45.8 Å². The van der Waals surface area contributed by atoms with Gasteiger partial charge in [-0.3, -0.25) is 14.7 Å². The highest BCUT2D eigenvalue weighted by atomic mass is 127. The van der Waals surface area contributed by atoms with Gasteiger partial charge < -0.3 is 20.9 Å². The number of piperidine rings is 1. The fourth-order valence-electron chi connectivity index (χ4n) is 3.07. The lowest BCUT2D eigenvalue weighted by molar-refractivity contribution is -0.119. The molecule has 1 aromatic rings. The lowest BCUT2D eigenvalue weighted by Gasteiger charge is -2.32. The third kappa shape index (κ3) is 7.48. The van der Waals surface area contributed by atoms with Crippen LogP contribution >= 0.6 is 24.0 Å². The minimum atomic E-state index is -0.263. The number of imidazole rings is 1. The van der Waals surface area contributed by atoms with Gasteiger partial charge in [0.2, 0.25) is 5.91 Å². The molecule has 1 amide bonds. The molecule has 0 bridgehead atoms. The van der Waals surface area contributed by atoms with Crippen LogP contribution in [0.2, 0.25) is 0 Å². The van der Waals surface area contributed by atoms with E-state index >= 15 is 0 Å². The van der Waals surface area contributed by atoms with E-state index in [4.69, 9.17) is 5.73 Å². The van der Waals surface area contributed by atoms with E-state index in [1.165, 1.54) is 0 Å². The van der Waals surface area contributed by atoms with Crippen LogP contribution < -0.4 is 16.4 Å². The third-order valence-corrected chi connectivity index (χ3v) is 4.31. The molecule has 1 fully saturated rings. The highest BCUT2D eigenvalue weighted by Crippen LogP contribution is 2.10. The number of hydrogen-bond donors (Lipinski definition) is 3. The van der Waals surface area contributed by atoms with Gasteiger partial charge in [0.25, 0.3) is 0 Å². The van der Waals surface area contributed by atoms with E-state index in [0.717, 1.165) is 44.3 Å². The van der Waals surface area contributed by atoms with Gasteiger partial charge in [0.05, 0.1) is 13.1 Å². The molecular formula is C17H32IN7O. The van der Waals surface area contributed by atoms with Gasteiger partial charge in [-0.25, -0.2) is 4.98 Å². The Labute approximate surface area is 173 Å². The van der Waals surface area contributed by atoms with E-state index in [2.05, 4.69) is 43.9 Å². The Kier molecular flexibility index (Phi) is 9.92. The number of nitrogens with one attached hydrogen (secondary N) is 2. The summed E-state index contributed by atoms with van der Waals surface area (Å²) in [6.45, 7) is 8.08. The van der Waals surface area contributed by atoms with Gasteiger partial charge in [0, 0.05) is 45.1 Å². The van der Waals surface area contributed by atoms with Crippen molar-refractivity contribution in [3.05, 3.63) is 18.2 Å². The zero-order valence-electron chi connectivity index (χ0n) is 15.9. The highest BCUT2D eigenvalue weighted by Gasteiger charge is 2.20. The fraction of sp³-hybridized carbons (Fsp3) is 0.706. The first-order chi connectivity index (χ1) is 12.0. The number of likely N-dealkylation sites (tertiary alicyclic amines) is 1. The molecule has 0 radical (unpaired) electrons. The smallest absolute Gasteiger partial charge is 0.231 e. The first-order valence-corrected chi connectivity index (χ1v) is 8.95. The maximum absolute atomic E-state index is 11.0. The summed E-state index contributed by atoms with van der Waals surface area (Å²) in [4.78, 5) is 21.8.